The third-order valence-corrected chi connectivity index (χ3v) is 4.95. The van der Waals surface area contributed by atoms with Crippen molar-refractivity contribution in [2.45, 2.75) is 51.7 Å². The largest absolute Gasteiger partial charge is 0.366 e. The molecule has 0 saturated carbocycles. The van der Waals surface area contributed by atoms with Crippen molar-refractivity contribution in [2.75, 3.05) is 24.5 Å². The van der Waals surface area contributed by atoms with Crippen molar-refractivity contribution in [1.29, 1.82) is 0 Å². The van der Waals surface area contributed by atoms with Crippen LogP contribution in [0, 0.1) is 6.92 Å². The van der Waals surface area contributed by atoms with Crippen LogP contribution < -0.4 is 10.6 Å². The molecule has 0 amide bonds. The quantitative estimate of drug-likeness (QED) is 0.898. The molecule has 2 fully saturated rings. The van der Waals surface area contributed by atoms with Gasteiger partial charge in [-0.25, -0.2) is 0 Å². The summed E-state index contributed by atoms with van der Waals surface area (Å²) >= 11 is 0. The molecule has 2 aliphatic rings. The van der Waals surface area contributed by atoms with Gasteiger partial charge in [-0.15, -0.1) is 0 Å². The molecule has 0 aliphatic carbocycles. The van der Waals surface area contributed by atoms with E-state index in [4.69, 9.17) is 5.73 Å². The summed E-state index contributed by atoms with van der Waals surface area (Å²) < 4.78 is 0. The lowest BCUT2D eigenvalue weighted by Gasteiger charge is -2.49. The van der Waals surface area contributed by atoms with Crippen molar-refractivity contribution in [2.24, 2.45) is 5.73 Å². The fourth-order valence-electron chi connectivity index (χ4n) is 3.85. The van der Waals surface area contributed by atoms with Gasteiger partial charge in [0.2, 0.25) is 0 Å². The highest BCUT2D eigenvalue weighted by atomic mass is 15.3. The van der Waals surface area contributed by atoms with Gasteiger partial charge in [0.15, 0.2) is 0 Å². The lowest BCUT2D eigenvalue weighted by molar-refractivity contribution is 0.115. The van der Waals surface area contributed by atoms with Crippen molar-refractivity contribution in [3.63, 3.8) is 0 Å². The van der Waals surface area contributed by atoms with Crippen molar-refractivity contribution >= 4 is 5.69 Å². The summed E-state index contributed by atoms with van der Waals surface area (Å²) in [7, 11) is 0. The first-order chi connectivity index (χ1) is 9.69. The monoisotopic (exact) mass is 273 g/mol. The molecule has 3 rings (SSSR count). The highest BCUT2D eigenvalue weighted by molar-refractivity contribution is 5.56. The molecule has 1 aromatic carbocycles. The van der Waals surface area contributed by atoms with Crippen molar-refractivity contribution < 1.29 is 0 Å². The second-order valence-electron chi connectivity index (χ2n) is 6.48. The van der Waals surface area contributed by atoms with Gasteiger partial charge in [-0.05, 0) is 44.9 Å². The van der Waals surface area contributed by atoms with Gasteiger partial charge >= 0.3 is 0 Å². The second-order valence-corrected chi connectivity index (χ2v) is 6.48. The van der Waals surface area contributed by atoms with E-state index in [2.05, 4.69) is 41.8 Å². The zero-order valence-corrected chi connectivity index (χ0v) is 12.8. The Morgan fingerprint density at radius 1 is 1.25 bits per heavy atom. The van der Waals surface area contributed by atoms with E-state index in [0.29, 0.717) is 12.6 Å². The van der Waals surface area contributed by atoms with E-state index in [1.54, 1.807) is 0 Å². The molecule has 1 aromatic rings. The van der Waals surface area contributed by atoms with Crippen LogP contribution >= 0.6 is 0 Å². The van der Waals surface area contributed by atoms with Crippen molar-refractivity contribution in [3.05, 3.63) is 29.3 Å². The Hall–Kier alpha value is -1.06. The molecule has 2 unspecified atom stereocenters. The zero-order valence-electron chi connectivity index (χ0n) is 12.8. The van der Waals surface area contributed by atoms with Gasteiger partial charge in [0.1, 0.15) is 0 Å². The molecule has 2 atom stereocenters. The van der Waals surface area contributed by atoms with Crippen LogP contribution in [0.2, 0.25) is 0 Å². The number of hydrogen-bond donors (Lipinski definition) is 1. The standard InChI is InChI=1S/C17H27N3/c1-13-6-7-17(15(9-13)10-18)20-12-16-5-3-4-8-19(16)11-14(20)2/h6-7,9,14,16H,3-5,8,10-12,18H2,1-2H3. The summed E-state index contributed by atoms with van der Waals surface area (Å²) in [5, 5.41) is 0. The maximum Gasteiger partial charge on any atom is 0.0415 e. The van der Waals surface area contributed by atoms with Crippen LogP contribution in [0.25, 0.3) is 0 Å². The lowest BCUT2D eigenvalue weighted by Crippen LogP contribution is -2.59. The fourth-order valence-corrected chi connectivity index (χ4v) is 3.85. The van der Waals surface area contributed by atoms with E-state index in [0.717, 1.165) is 12.6 Å². The Labute approximate surface area is 122 Å². The Kier molecular flexibility index (Phi) is 3.99. The third kappa shape index (κ3) is 2.57. The number of benzene rings is 1. The van der Waals surface area contributed by atoms with Crippen LogP contribution in [0.5, 0.6) is 0 Å². The van der Waals surface area contributed by atoms with Gasteiger partial charge in [0.25, 0.3) is 0 Å². The molecular weight excluding hydrogens is 246 g/mol. The summed E-state index contributed by atoms with van der Waals surface area (Å²) in [5.41, 5.74) is 9.92. The molecule has 110 valence electrons. The first kappa shape index (κ1) is 13.9. The van der Waals surface area contributed by atoms with Crippen LogP contribution in [0.1, 0.15) is 37.3 Å². The Bertz CT molecular complexity index is 471. The molecule has 2 saturated heterocycles. The maximum absolute atomic E-state index is 5.97. The predicted octanol–water partition coefficient (Wildman–Crippen LogP) is 2.52. The average molecular weight is 273 g/mol. The molecule has 2 heterocycles. The smallest absolute Gasteiger partial charge is 0.0415 e. The summed E-state index contributed by atoms with van der Waals surface area (Å²) in [4.78, 5) is 5.29. The lowest BCUT2D eigenvalue weighted by atomic mass is 9.96. The summed E-state index contributed by atoms with van der Waals surface area (Å²) in [6, 6.07) is 8.06. The van der Waals surface area contributed by atoms with Crippen LogP contribution in [-0.2, 0) is 6.54 Å². The van der Waals surface area contributed by atoms with Gasteiger partial charge in [0, 0.05) is 37.4 Å². The van der Waals surface area contributed by atoms with Crippen LogP contribution in [0.4, 0.5) is 5.69 Å². The molecule has 3 heteroatoms. The Morgan fingerprint density at radius 3 is 2.90 bits per heavy atom. The van der Waals surface area contributed by atoms with E-state index in [-0.39, 0.29) is 0 Å². The zero-order chi connectivity index (χ0) is 14.1. The Balaban J connectivity index is 1.85. The summed E-state index contributed by atoms with van der Waals surface area (Å²) in [6.07, 6.45) is 4.12. The Morgan fingerprint density at radius 2 is 2.10 bits per heavy atom. The third-order valence-electron chi connectivity index (χ3n) is 4.95. The van der Waals surface area contributed by atoms with E-state index < -0.39 is 0 Å². The molecular formula is C17H27N3. The number of piperazine rings is 1. The molecule has 2 N–H and O–H groups in total. The minimum absolute atomic E-state index is 0.581. The summed E-state index contributed by atoms with van der Waals surface area (Å²) in [5.74, 6) is 0. The molecule has 3 nitrogen and oxygen atoms in total. The first-order valence-electron chi connectivity index (χ1n) is 7.99. The van der Waals surface area contributed by atoms with E-state index >= 15 is 0 Å². The van der Waals surface area contributed by atoms with Crippen molar-refractivity contribution in [1.82, 2.24) is 4.90 Å². The number of hydrogen-bond acceptors (Lipinski definition) is 3. The van der Waals surface area contributed by atoms with Gasteiger partial charge in [0.05, 0.1) is 0 Å². The van der Waals surface area contributed by atoms with Crippen molar-refractivity contribution in [3.8, 4) is 0 Å². The number of rotatable bonds is 2. The highest BCUT2D eigenvalue weighted by Crippen LogP contribution is 2.30. The number of nitrogens with two attached hydrogens (primary N) is 1. The summed E-state index contributed by atoms with van der Waals surface area (Å²) in [6.45, 7) is 8.78. The van der Waals surface area contributed by atoms with Gasteiger partial charge in [-0.1, -0.05) is 24.1 Å². The number of fused-ring (bicyclic) bond motifs is 1. The normalized spacial score (nSPS) is 27.4. The number of nitrogens with zero attached hydrogens (tertiary/aromatic N) is 2. The van der Waals surface area contributed by atoms with Gasteiger partial charge in [-0.2, -0.15) is 0 Å². The fraction of sp³-hybridized carbons (Fsp3) is 0.647. The molecule has 20 heavy (non-hydrogen) atoms. The number of anilines is 1. The molecule has 0 radical (unpaired) electrons. The first-order valence-corrected chi connectivity index (χ1v) is 7.99. The maximum atomic E-state index is 5.97. The number of piperidine rings is 1. The molecule has 0 bridgehead atoms. The van der Waals surface area contributed by atoms with Gasteiger partial charge < -0.3 is 10.6 Å². The van der Waals surface area contributed by atoms with Crippen LogP contribution in [0.3, 0.4) is 0 Å². The highest BCUT2D eigenvalue weighted by Gasteiger charge is 2.33. The number of aryl methyl sites for hydroxylation is 1. The van der Waals surface area contributed by atoms with E-state index in [9.17, 15) is 0 Å². The van der Waals surface area contributed by atoms with Crippen LogP contribution in [-0.4, -0.2) is 36.6 Å². The molecule has 2 aliphatic heterocycles. The average Bonchev–Trinajstić information content (AvgIpc) is 2.46. The van der Waals surface area contributed by atoms with E-state index in [1.807, 2.05) is 0 Å². The minimum atomic E-state index is 0.581. The van der Waals surface area contributed by atoms with E-state index in [1.165, 1.54) is 49.2 Å². The molecule has 0 spiro atoms. The van der Waals surface area contributed by atoms with Crippen LogP contribution in [0.15, 0.2) is 18.2 Å². The topological polar surface area (TPSA) is 32.5 Å². The predicted molar refractivity (Wildman–Crippen MR) is 85.1 cm³/mol. The SMILES string of the molecule is Cc1ccc(N2CC3CCCCN3CC2C)c(CN)c1. The second kappa shape index (κ2) is 5.74. The van der Waals surface area contributed by atoms with Gasteiger partial charge in [-0.3, -0.25) is 4.90 Å². The molecule has 0 aromatic heterocycles. The minimum Gasteiger partial charge on any atom is -0.366 e.